The average Bonchev–Trinajstić information content (AvgIpc) is 2.62. The van der Waals surface area contributed by atoms with E-state index in [1.165, 1.54) is 6.07 Å². The summed E-state index contributed by atoms with van der Waals surface area (Å²) in [6.07, 6.45) is 1.65. The van der Waals surface area contributed by atoms with Crippen LogP contribution >= 0.6 is 0 Å². The number of rotatable bonds is 3. The summed E-state index contributed by atoms with van der Waals surface area (Å²) in [4.78, 5) is 1.93. The number of hydrogen-bond donors (Lipinski definition) is 1. The van der Waals surface area contributed by atoms with Gasteiger partial charge in [-0.1, -0.05) is 12.1 Å². The summed E-state index contributed by atoms with van der Waals surface area (Å²) in [5, 5.41) is 4.05. The highest BCUT2D eigenvalue weighted by atomic mass is 19.1. The van der Waals surface area contributed by atoms with Crippen LogP contribution in [-0.4, -0.2) is 28.8 Å². The molecule has 1 aromatic heterocycles. The molecule has 2 N–H and O–H groups in total. The van der Waals surface area contributed by atoms with E-state index >= 15 is 0 Å². The van der Waals surface area contributed by atoms with Gasteiger partial charge >= 0.3 is 0 Å². The van der Waals surface area contributed by atoms with Gasteiger partial charge in [-0.3, -0.25) is 4.68 Å². The van der Waals surface area contributed by atoms with Crippen LogP contribution < -0.4 is 5.73 Å². The Labute approximate surface area is 106 Å². The lowest BCUT2D eigenvalue weighted by molar-refractivity contribution is 0.392. The minimum atomic E-state index is -0.218. The van der Waals surface area contributed by atoms with E-state index < -0.39 is 0 Å². The van der Waals surface area contributed by atoms with Crippen molar-refractivity contribution in [3.05, 3.63) is 35.8 Å². The van der Waals surface area contributed by atoms with Crippen LogP contribution in [-0.2, 0) is 13.6 Å². The summed E-state index contributed by atoms with van der Waals surface area (Å²) in [7, 11) is 5.58. The van der Waals surface area contributed by atoms with Crippen LogP contribution in [0.25, 0.3) is 11.1 Å². The van der Waals surface area contributed by atoms with Crippen molar-refractivity contribution in [1.82, 2.24) is 14.7 Å². The van der Waals surface area contributed by atoms with Crippen LogP contribution in [0.15, 0.2) is 24.4 Å². The van der Waals surface area contributed by atoms with Gasteiger partial charge in [0.15, 0.2) is 0 Å². The van der Waals surface area contributed by atoms with Crippen LogP contribution in [0.2, 0.25) is 0 Å². The van der Waals surface area contributed by atoms with Crippen molar-refractivity contribution < 1.29 is 4.39 Å². The first-order valence-electron chi connectivity index (χ1n) is 5.70. The molecule has 0 saturated carbocycles. The van der Waals surface area contributed by atoms with Crippen LogP contribution in [0.1, 0.15) is 5.56 Å². The number of benzene rings is 1. The van der Waals surface area contributed by atoms with Gasteiger partial charge in [0.1, 0.15) is 11.6 Å². The lowest BCUT2D eigenvalue weighted by Gasteiger charge is -2.11. The first kappa shape index (κ1) is 12.6. The molecule has 0 aliphatic rings. The summed E-state index contributed by atoms with van der Waals surface area (Å²) in [6.45, 7) is 0.578. The fraction of sp³-hybridized carbons (Fsp3) is 0.308. The molecule has 0 fully saturated rings. The molecule has 0 atom stereocenters. The molecule has 0 bridgehead atoms. The van der Waals surface area contributed by atoms with Crippen molar-refractivity contribution in [1.29, 1.82) is 0 Å². The highest BCUT2D eigenvalue weighted by Gasteiger charge is 2.10. The molecule has 1 heterocycles. The largest absolute Gasteiger partial charge is 0.383 e. The quantitative estimate of drug-likeness (QED) is 0.902. The molecule has 18 heavy (non-hydrogen) atoms. The van der Waals surface area contributed by atoms with Gasteiger partial charge in [0.2, 0.25) is 0 Å². The smallest absolute Gasteiger partial charge is 0.129 e. The Morgan fingerprint density at radius 1 is 1.39 bits per heavy atom. The Morgan fingerprint density at radius 3 is 2.61 bits per heavy atom. The summed E-state index contributed by atoms with van der Waals surface area (Å²) < 4.78 is 15.5. The van der Waals surface area contributed by atoms with Crippen molar-refractivity contribution in [2.75, 3.05) is 19.8 Å². The predicted octanol–water partition coefficient (Wildman–Crippen LogP) is 1.87. The molecule has 0 aliphatic carbocycles. The zero-order valence-corrected chi connectivity index (χ0v) is 10.8. The first-order chi connectivity index (χ1) is 8.49. The molecule has 0 amide bonds. The fourth-order valence-corrected chi connectivity index (χ4v) is 1.85. The summed E-state index contributed by atoms with van der Waals surface area (Å²) in [6, 6.07) is 5.17. The normalized spacial score (nSPS) is 11.2. The topological polar surface area (TPSA) is 47.1 Å². The number of anilines is 1. The third kappa shape index (κ3) is 2.36. The van der Waals surface area contributed by atoms with E-state index in [-0.39, 0.29) is 5.82 Å². The number of aromatic nitrogens is 2. The van der Waals surface area contributed by atoms with Crippen LogP contribution in [0.4, 0.5) is 10.2 Å². The average molecular weight is 248 g/mol. The van der Waals surface area contributed by atoms with Crippen LogP contribution in [0.5, 0.6) is 0 Å². The third-order valence-corrected chi connectivity index (χ3v) is 2.84. The van der Waals surface area contributed by atoms with E-state index in [2.05, 4.69) is 5.10 Å². The zero-order valence-electron chi connectivity index (χ0n) is 10.8. The van der Waals surface area contributed by atoms with E-state index in [1.54, 1.807) is 24.0 Å². The second kappa shape index (κ2) is 4.78. The summed E-state index contributed by atoms with van der Waals surface area (Å²) in [5.41, 5.74) is 8.05. The minimum Gasteiger partial charge on any atom is -0.383 e. The molecule has 2 aromatic rings. The maximum Gasteiger partial charge on any atom is 0.129 e. The lowest BCUT2D eigenvalue weighted by atomic mass is 10.1. The predicted molar refractivity (Wildman–Crippen MR) is 70.4 cm³/mol. The Hall–Kier alpha value is -1.88. The Morgan fingerprint density at radius 2 is 2.11 bits per heavy atom. The second-order valence-electron chi connectivity index (χ2n) is 4.61. The maximum atomic E-state index is 13.9. The number of aryl methyl sites for hydroxylation is 1. The van der Waals surface area contributed by atoms with Gasteiger partial charge in [-0.15, -0.1) is 0 Å². The molecule has 2 rings (SSSR count). The van der Waals surface area contributed by atoms with E-state index in [0.29, 0.717) is 17.9 Å². The van der Waals surface area contributed by atoms with Crippen molar-refractivity contribution in [2.24, 2.45) is 7.05 Å². The van der Waals surface area contributed by atoms with Crippen LogP contribution in [0, 0.1) is 5.82 Å². The molecule has 1 aromatic carbocycles. The Bertz CT molecular complexity index is 560. The molecule has 5 heteroatoms. The van der Waals surface area contributed by atoms with E-state index in [9.17, 15) is 4.39 Å². The standard InChI is InChI=1S/C13H17FN4/c1-17(2)8-10-5-4-9(6-12(10)14)11-7-16-18(3)13(11)15/h4-7H,8,15H2,1-3H3. The highest BCUT2D eigenvalue weighted by Crippen LogP contribution is 2.26. The van der Waals surface area contributed by atoms with Gasteiger partial charge in [0, 0.05) is 24.7 Å². The van der Waals surface area contributed by atoms with Gasteiger partial charge in [-0.25, -0.2) is 4.39 Å². The Kier molecular flexibility index (Phi) is 3.34. The number of halogens is 1. The Balaban J connectivity index is 2.37. The van der Waals surface area contributed by atoms with Crippen molar-refractivity contribution >= 4 is 5.82 Å². The third-order valence-electron chi connectivity index (χ3n) is 2.84. The molecular formula is C13H17FN4. The minimum absolute atomic E-state index is 0.218. The number of nitrogens with two attached hydrogens (primary N) is 1. The molecule has 0 radical (unpaired) electrons. The molecule has 0 aliphatic heterocycles. The number of hydrogen-bond acceptors (Lipinski definition) is 3. The first-order valence-corrected chi connectivity index (χ1v) is 5.70. The SMILES string of the molecule is CN(C)Cc1ccc(-c2cnn(C)c2N)cc1F. The number of nitrogens with zero attached hydrogens (tertiary/aromatic N) is 3. The van der Waals surface area contributed by atoms with Gasteiger partial charge in [-0.2, -0.15) is 5.10 Å². The fourth-order valence-electron chi connectivity index (χ4n) is 1.85. The molecular weight excluding hydrogens is 231 g/mol. The van der Waals surface area contributed by atoms with Gasteiger partial charge < -0.3 is 10.6 Å². The molecule has 96 valence electrons. The van der Waals surface area contributed by atoms with Crippen LogP contribution in [0.3, 0.4) is 0 Å². The highest BCUT2D eigenvalue weighted by molar-refractivity contribution is 5.73. The second-order valence-corrected chi connectivity index (χ2v) is 4.61. The zero-order chi connectivity index (χ0) is 13.3. The van der Waals surface area contributed by atoms with E-state index in [4.69, 9.17) is 5.73 Å². The van der Waals surface area contributed by atoms with Crippen molar-refractivity contribution in [3.8, 4) is 11.1 Å². The van der Waals surface area contributed by atoms with Crippen molar-refractivity contribution in [3.63, 3.8) is 0 Å². The lowest BCUT2D eigenvalue weighted by Crippen LogP contribution is -2.11. The van der Waals surface area contributed by atoms with E-state index in [0.717, 1.165) is 11.1 Å². The maximum absolute atomic E-state index is 13.9. The van der Waals surface area contributed by atoms with Crippen molar-refractivity contribution in [2.45, 2.75) is 6.54 Å². The monoisotopic (exact) mass is 248 g/mol. The molecule has 0 saturated heterocycles. The number of nitrogen functional groups attached to an aromatic ring is 1. The van der Waals surface area contributed by atoms with Gasteiger partial charge in [-0.05, 0) is 25.7 Å². The van der Waals surface area contributed by atoms with Gasteiger partial charge in [0.25, 0.3) is 0 Å². The summed E-state index contributed by atoms with van der Waals surface area (Å²) >= 11 is 0. The van der Waals surface area contributed by atoms with E-state index in [1.807, 2.05) is 25.1 Å². The molecule has 0 spiro atoms. The molecule has 0 unspecified atom stereocenters. The summed E-state index contributed by atoms with van der Waals surface area (Å²) in [5.74, 6) is 0.319. The van der Waals surface area contributed by atoms with Gasteiger partial charge in [0.05, 0.1) is 6.20 Å². The molecule has 4 nitrogen and oxygen atoms in total.